The normalized spacial score (nSPS) is 11.6. The Morgan fingerprint density at radius 3 is 2.47 bits per heavy atom. The van der Waals surface area contributed by atoms with Crippen molar-refractivity contribution in [2.24, 2.45) is 10.7 Å². The van der Waals surface area contributed by atoms with Gasteiger partial charge in [-0.2, -0.15) is 0 Å². The zero-order chi connectivity index (χ0) is 24.7. The number of benzene rings is 2. The maximum atomic E-state index is 11.4. The highest BCUT2D eigenvalue weighted by atomic mass is 35.5. The predicted octanol–water partition coefficient (Wildman–Crippen LogP) is 6.20. The summed E-state index contributed by atoms with van der Waals surface area (Å²) in [6.45, 7) is 1.36. The maximum absolute atomic E-state index is 11.4. The number of unbranched alkanes of at least 4 members (excludes halogenated alkanes) is 3. The molecule has 0 fully saturated rings. The Labute approximate surface area is 211 Å². The van der Waals surface area contributed by atoms with Gasteiger partial charge in [0.1, 0.15) is 22.2 Å². The standard InChI is InChI=1S/C23H26Cl2N4O4S/c1-32-21-13-18(22(33-2)12-17(21)25)27-23-28(10-6-4-3-5-9-26)20(14-34-23)15-7-8-16(24)19(11-15)29(30)31/h7-8,11-14H,3-6,9-10,26H2,1-2H3. The Morgan fingerprint density at radius 1 is 1.06 bits per heavy atom. The first-order chi connectivity index (χ1) is 16.4. The summed E-state index contributed by atoms with van der Waals surface area (Å²) < 4.78 is 12.9. The van der Waals surface area contributed by atoms with Gasteiger partial charge in [0.25, 0.3) is 5.69 Å². The Kier molecular flexibility index (Phi) is 9.35. The van der Waals surface area contributed by atoms with Crippen LogP contribution in [0.15, 0.2) is 40.7 Å². The summed E-state index contributed by atoms with van der Waals surface area (Å²) in [4.78, 5) is 16.5. The van der Waals surface area contributed by atoms with Crippen molar-refractivity contribution >= 4 is 45.9 Å². The van der Waals surface area contributed by atoms with Crippen LogP contribution in [0.1, 0.15) is 25.7 Å². The van der Waals surface area contributed by atoms with Crippen LogP contribution in [0.4, 0.5) is 11.4 Å². The first kappa shape index (κ1) is 26.0. The first-order valence-corrected chi connectivity index (χ1v) is 12.3. The molecule has 11 heteroatoms. The van der Waals surface area contributed by atoms with Crippen molar-refractivity contribution < 1.29 is 14.4 Å². The maximum Gasteiger partial charge on any atom is 0.288 e. The lowest BCUT2D eigenvalue weighted by Gasteiger charge is -2.11. The van der Waals surface area contributed by atoms with E-state index in [1.807, 2.05) is 5.38 Å². The van der Waals surface area contributed by atoms with Gasteiger partial charge in [0, 0.05) is 35.7 Å². The number of ether oxygens (including phenoxy) is 2. The van der Waals surface area contributed by atoms with E-state index < -0.39 is 4.92 Å². The molecule has 0 saturated heterocycles. The molecule has 0 amide bonds. The molecule has 0 radical (unpaired) electrons. The van der Waals surface area contributed by atoms with Crippen LogP contribution in [0.5, 0.6) is 11.5 Å². The van der Waals surface area contributed by atoms with Gasteiger partial charge < -0.3 is 19.8 Å². The van der Waals surface area contributed by atoms with Gasteiger partial charge in [0.2, 0.25) is 0 Å². The quantitative estimate of drug-likeness (QED) is 0.182. The molecular weight excluding hydrogens is 499 g/mol. The van der Waals surface area contributed by atoms with Gasteiger partial charge in [-0.15, -0.1) is 11.3 Å². The van der Waals surface area contributed by atoms with Gasteiger partial charge in [0.05, 0.1) is 29.9 Å². The number of nitrogens with zero attached hydrogens (tertiary/aromatic N) is 3. The van der Waals surface area contributed by atoms with Gasteiger partial charge in [0.15, 0.2) is 4.80 Å². The lowest BCUT2D eigenvalue weighted by Crippen LogP contribution is -2.16. The number of hydrogen-bond donors (Lipinski definition) is 1. The molecule has 0 saturated carbocycles. The van der Waals surface area contributed by atoms with E-state index in [-0.39, 0.29) is 10.7 Å². The number of halogens is 2. The number of rotatable bonds is 11. The first-order valence-electron chi connectivity index (χ1n) is 10.7. The second-order valence-electron chi connectivity index (χ2n) is 7.45. The molecule has 0 unspecified atom stereocenters. The molecule has 1 heterocycles. The molecule has 0 bridgehead atoms. The summed E-state index contributed by atoms with van der Waals surface area (Å²) in [6.07, 6.45) is 3.94. The van der Waals surface area contributed by atoms with E-state index in [2.05, 4.69) is 4.57 Å². The number of nitrogens with two attached hydrogens (primary N) is 1. The molecule has 2 N–H and O–H groups in total. The second kappa shape index (κ2) is 12.2. The molecule has 34 heavy (non-hydrogen) atoms. The van der Waals surface area contributed by atoms with Gasteiger partial charge >= 0.3 is 0 Å². The number of thiazole rings is 1. The third-order valence-corrected chi connectivity index (χ3v) is 6.72. The summed E-state index contributed by atoms with van der Waals surface area (Å²) in [6, 6.07) is 8.19. The second-order valence-corrected chi connectivity index (χ2v) is 9.10. The van der Waals surface area contributed by atoms with Crippen LogP contribution in [0.25, 0.3) is 11.3 Å². The molecule has 182 valence electrons. The van der Waals surface area contributed by atoms with Crippen molar-refractivity contribution in [2.75, 3.05) is 20.8 Å². The van der Waals surface area contributed by atoms with Crippen LogP contribution in [-0.4, -0.2) is 30.3 Å². The smallest absolute Gasteiger partial charge is 0.288 e. The van der Waals surface area contributed by atoms with Gasteiger partial charge in [-0.1, -0.05) is 42.1 Å². The van der Waals surface area contributed by atoms with Gasteiger partial charge in [-0.05, 0) is 25.5 Å². The summed E-state index contributed by atoms with van der Waals surface area (Å²) in [7, 11) is 3.09. The molecule has 0 aliphatic heterocycles. The van der Waals surface area contributed by atoms with Crippen LogP contribution in [0.2, 0.25) is 10.0 Å². The molecule has 0 atom stereocenters. The zero-order valence-electron chi connectivity index (χ0n) is 18.9. The van der Waals surface area contributed by atoms with Crippen molar-refractivity contribution in [3.63, 3.8) is 0 Å². The largest absolute Gasteiger partial charge is 0.495 e. The number of nitro groups is 1. The Morgan fingerprint density at radius 2 is 1.79 bits per heavy atom. The highest BCUT2D eigenvalue weighted by Crippen LogP contribution is 2.37. The molecule has 0 aliphatic carbocycles. The lowest BCUT2D eigenvalue weighted by atomic mass is 10.1. The SMILES string of the molecule is COc1cc(N=c2scc(-c3ccc(Cl)c([N+](=O)[O-])c3)n2CCCCCCN)c(OC)cc1Cl. The fourth-order valence-electron chi connectivity index (χ4n) is 3.48. The molecule has 0 spiro atoms. The van der Waals surface area contributed by atoms with Crippen molar-refractivity contribution in [3.8, 4) is 22.8 Å². The summed E-state index contributed by atoms with van der Waals surface area (Å²) in [5.41, 5.74) is 7.55. The van der Waals surface area contributed by atoms with Crippen LogP contribution in [0.3, 0.4) is 0 Å². The minimum atomic E-state index is -0.481. The number of aromatic nitrogens is 1. The molecule has 3 aromatic rings. The van der Waals surface area contributed by atoms with E-state index in [0.29, 0.717) is 45.7 Å². The Hall–Kier alpha value is -2.59. The van der Waals surface area contributed by atoms with Crippen molar-refractivity contribution in [1.29, 1.82) is 0 Å². The summed E-state index contributed by atoms with van der Waals surface area (Å²) >= 11 is 13.7. The Bertz CT molecular complexity index is 1230. The van der Waals surface area contributed by atoms with E-state index in [1.54, 1.807) is 31.4 Å². The fraction of sp³-hybridized carbons (Fsp3) is 0.348. The monoisotopic (exact) mass is 524 g/mol. The highest BCUT2D eigenvalue weighted by molar-refractivity contribution is 7.07. The van der Waals surface area contributed by atoms with Crippen molar-refractivity contribution in [2.45, 2.75) is 32.2 Å². The Balaban J connectivity index is 2.11. The minimum Gasteiger partial charge on any atom is -0.495 e. The van der Waals surface area contributed by atoms with Crippen LogP contribution < -0.4 is 20.0 Å². The lowest BCUT2D eigenvalue weighted by molar-refractivity contribution is -0.384. The average Bonchev–Trinajstić information content (AvgIpc) is 3.22. The fourth-order valence-corrected chi connectivity index (χ4v) is 4.85. The highest BCUT2D eigenvalue weighted by Gasteiger charge is 2.17. The number of methoxy groups -OCH3 is 2. The van der Waals surface area contributed by atoms with Crippen molar-refractivity contribution in [1.82, 2.24) is 4.57 Å². The minimum absolute atomic E-state index is 0.0974. The zero-order valence-corrected chi connectivity index (χ0v) is 21.3. The van der Waals surface area contributed by atoms with E-state index in [4.69, 9.17) is 43.4 Å². The van der Waals surface area contributed by atoms with E-state index in [0.717, 1.165) is 31.4 Å². The van der Waals surface area contributed by atoms with E-state index >= 15 is 0 Å². The van der Waals surface area contributed by atoms with Crippen molar-refractivity contribution in [3.05, 3.63) is 60.7 Å². The third kappa shape index (κ3) is 6.09. The van der Waals surface area contributed by atoms with Gasteiger partial charge in [-0.25, -0.2) is 4.99 Å². The number of hydrogen-bond acceptors (Lipinski definition) is 7. The predicted molar refractivity (Wildman–Crippen MR) is 137 cm³/mol. The molecule has 0 aliphatic rings. The molecule has 1 aromatic heterocycles. The topological polar surface area (TPSA) is 105 Å². The molecule has 8 nitrogen and oxygen atoms in total. The van der Waals surface area contributed by atoms with Crippen LogP contribution in [0, 0.1) is 10.1 Å². The third-order valence-electron chi connectivity index (χ3n) is 5.24. The molecule has 3 rings (SSSR count). The average molecular weight is 525 g/mol. The van der Waals surface area contributed by atoms with Gasteiger partial charge in [-0.3, -0.25) is 10.1 Å². The molecule has 2 aromatic carbocycles. The van der Waals surface area contributed by atoms with E-state index in [1.165, 1.54) is 24.5 Å². The summed E-state index contributed by atoms with van der Waals surface area (Å²) in [5.74, 6) is 0.997. The van der Waals surface area contributed by atoms with E-state index in [9.17, 15) is 10.1 Å². The summed E-state index contributed by atoms with van der Waals surface area (Å²) in [5, 5.41) is 13.9. The molecular formula is C23H26Cl2N4O4S. The van der Waals surface area contributed by atoms with Crippen LogP contribution in [-0.2, 0) is 6.54 Å². The van der Waals surface area contributed by atoms with Crippen LogP contribution >= 0.6 is 34.5 Å². The number of nitro benzene ring substituents is 1.